The van der Waals surface area contributed by atoms with Crippen molar-refractivity contribution < 1.29 is 36.3 Å². The molecule has 1 aromatic carbocycles. The number of halogens is 3. The smallest absolute Gasteiger partial charge is 0.475 e. The number of carbonyl (C=O) groups excluding carboxylic acids is 1. The van der Waals surface area contributed by atoms with Crippen LogP contribution in [0.1, 0.15) is 9.67 Å². The molecule has 3 N–H and O–H groups in total. The Bertz CT molecular complexity index is 1120. The van der Waals surface area contributed by atoms with Crippen LogP contribution in [0.4, 0.5) is 24.7 Å². The lowest BCUT2D eigenvalue weighted by Crippen LogP contribution is -2.21. The molecule has 0 saturated carbocycles. The summed E-state index contributed by atoms with van der Waals surface area (Å²) in [5.41, 5.74) is 0.519. The predicted octanol–water partition coefficient (Wildman–Crippen LogP) is 3.83. The Balaban J connectivity index is 0.000000423. The van der Waals surface area contributed by atoms with Crippen molar-refractivity contribution >= 4 is 44.7 Å². The number of amides is 1. The molecule has 0 bridgehead atoms. The third kappa shape index (κ3) is 7.38. The van der Waals surface area contributed by atoms with Crippen LogP contribution in [0.25, 0.3) is 0 Å². The minimum Gasteiger partial charge on any atom is -0.475 e. The van der Waals surface area contributed by atoms with Crippen LogP contribution in [-0.2, 0) is 14.8 Å². The number of aromatic nitrogens is 1. The van der Waals surface area contributed by atoms with Crippen LogP contribution in [0.3, 0.4) is 0 Å². The van der Waals surface area contributed by atoms with Gasteiger partial charge in [-0.3, -0.25) is 9.52 Å². The molecule has 0 atom stereocenters. The normalized spacial score (nSPS) is 11.1. The molecule has 0 aliphatic heterocycles. The fourth-order valence-electron chi connectivity index (χ4n) is 1.94. The third-order valence-electron chi connectivity index (χ3n) is 3.31. The van der Waals surface area contributed by atoms with Gasteiger partial charge in [0.1, 0.15) is 5.82 Å². The summed E-state index contributed by atoms with van der Waals surface area (Å²) in [5, 5.41) is 11.7. The zero-order chi connectivity index (χ0) is 23.1. The van der Waals surface area contributed by atoms with Gasteiger partial charge in [-0.2, -0.15) is 13.2 Å². The molecule has 2 aromatic heterocycles. The van der Waals surface area contributed by atoms with E-state index < -0.39 is 22.2 Å². The number of pyridine rings is 1. The van der Waals surface area contributed by atoms with Crippen LogP contribution in [0, 0.1) is 0 Å². The van der Waals surface area contributed by atoms with Crippen LogP contribution >= 0.6 is 11.3 Å². The SMILES string of the molecule is O=C(Nc1ccc(S(=O)(=O)Nc2ccccn2)cc1)c1cccs1.O=C(O)C(F)(F)F. The largest absolute Gasteiger partial charge is 0.490 e. The number of hydrogen-bond donors (Lipinski definition) is 3. The standard InChI is InChI=1S/C16H13N3O3S2.C2HF3O2/c20-16(14-4-3-11-23-14)18-12-6-8-13(9-7-12)24(21,22)19-15-5-1-2-10-17-15;3-2(4,5)1(6)7/h1-11H,(H,17,19)(H,18,20);(H,6,7). The van der Waals surface area contributed by atoms with Gasteiger partial charge < -0.3 is 10.4 Å². The molecule has 1 amide bonds. The Labute approximate surface area is 178 Å². The summed E-state index contributed by atoms with van der Waals surface area (Å²) < 4.78 is 58.7. The van der Waals surface area contributed by atoms with Crippen LogP contribution in [0.5, 0.6) is 0 Å². The Morgan fingerprint density at radius 2 is 1.65 bits per heavy atom. The van der Waals surface area contributed by atoms with Gasteiger partial charge in [0, 0.05) is 11.9 Å². The van der Waals surface area contributed by atoms with Crippen molar-refractivity contribution in [2.24, 2.45) is 0 Å². The summed E-state index contributed by atoms with van der Waals surface area (Å²) in [6.45, 7) is 0. The lowest BCUT2D eigenvalue weighted by Gasteiger charge is -2.08. The second kappa shape index (κ2) is 10.0. The number of carboxylic acid groups (broad SMARTS) is 1. The molecule has 31 heavy (non-hydrogen) atoms. The number of sulfonamides is 1. The number of carboxylic acids is 1. The monoisotopic (exact) mass is 473 g/mol. The van der Waals surface area contributed by atoms with Crippen LogP contribution in [0.15, 0.2) is 71.1 Å². The number of hydrogen-bond acceptors (Lipinski definition) is 6. The first-order chi connectivity index (χ1) is 14.5. The summed E-state index contributed by atoms with van der Waals surface area (Å²) in [5.74, 6) is -2.74. The van der Waals surface area contributed by atoms with Crippen molar-refractivity contribution in [3.8, 4) is 0 Å². The van der Waals surface area contributed by atoms with E-state index >= 15 is 0 Å². The van der Waals surface area contributed by atoms with E-state index in [0.717, 1.165) is 0 Å². The first kappa shape index (κ1) is 23.8. The number of nitrogens with one attached hydrogen (secondary N) is 2. The third-order valence-corrected chi connectivity index (χ3v) is 5.55. The van der Waals surface area contributed by atoms with Gasteiger partial charge >= 0.3 is 12.1 Å². The molecule has 0 radical (unpaired) electrons. The van der Waals surface area contributed by atoms with Crippen molar-refractivity contribution in [2.75, 3.05) is 10.0 Å². The number of anilines is 2. The van der Waals surface area contributed by atoms with Crippen molar-refractivity contribution in [3.05, 3.63) is 71.1 Å². The van der Waals surface area contributed by atoms with E-state index in [1.807, 2.05) is 5.38 Å². The van der Waals surface area contributed by atoms with Gasteiger partial charge in [0.2, 0.25) is 0 Å². The fraction of sp³-hybridized carbons (Fsp3) is 0.0556. The highest BCUT2D eigenvalue weighted by atomic mass is 32.2. The van der Waals surface area contributed by atoms with Crippen molar-refractivity contribution in [3.63, 3.8) is 0 Å². The van der Waals surface area contributed by atoms with Crippen molar-refractivity contribution in [1.29, 1.82) is 0 Å². The maximum Gasteiger partial charge on any atom is 0.490 e. The molecule has 164 valence electrons. The predicted molar refractivity (Wildman–Crippen MR) is 107 cm³/mol. The van der Waals surface area contributed by atoms with Crippen LogP contribution < -0.4 is 10.0 Å². The lowest BCUT2D eigenvalue weighted by molar-refractivity contribution is -0.192. The van der Waals surface area contributed by atoms with Gasteiger partial charge in [0.15, 0.2) is 0 Å². The Kier molecular flexibility index (Phi) is 7.72. The molecular weight excluding hydrogens is 459 g/mol. The molecule has 3 aromatic rings. The molecular formula is C18H14F3N3O5S2. The van der Waals surface area contributed by atoms with E-state index in [1.165, 1.54) is 29.7 Å². The van der Waals surface area contributed by atoms with Crippen LogP contribution in [0.2, 0.25) is 0 Å². The van der Waals surface area contributed by atoms with Gasteiger partial charge in [-0.05, 0) is 47.8 Å². The quantitative estimate of drug-likeness (QED) is 0.517. The molecule has 0 fully saturated rings. The Hall–Kier alpha value is -3.45. The molecule has 0 unspecified atom stereocenters. The number of carbonyl (C=O) groups is 2. The fourth-order valence-corrected chi connectivity index (χ4v) is 3.56. The van der Waals surface area contributed by atoms with E-state index in [1.54, 1.807) is 42.5 Å². The number of benzene rings is 1. The van der Waals surface area contributed by atoms with Gasteiger partial charge in [-0.25, -0.2) is 18.2 Å². The maximum absolute atomic E-state index is 12.3. The van der Waals surface area contributed by atoms with E-state index in [4.69, 9.17) is 9.90 Å². The highest BCUT2D eigenvalue weighted by molar-refractivity contribution is 7.92. The first-order valence-electron chi connectivity index (χ1n) is 8.18. The van der Waals surface area contributed by atoms with Crippen molar-refractivity contribution in [1.82, 2.24) is 4.98 Å². The molecule has 0 aliphatic rings. The minimum absolute atomic E-state index is 0.0854. The van der Waals surface area contributed by atoms with Crippen molar-refractivity contribution in [2.45, 2.75) is 11.1 Å². The van der Waals surface area contributed by atoms with Gasteiger partial charge in [-0.15, -0.1) is 11.3 Å². The lowest BCUT2D eigenvalue weighted by atomic mass is 10.3. The van der Waals surface area contributed by atoms with Gasteiger partial charge in [-0.1, -0.05) is 12.1 Å². The summed E-state index contributed by atoms with van der Waals surface area (Å²) in [7, 11) is -3.72. The van der Waals surface area contributed by atoms with E-state index in [-0.39, 0.29) is 16.6 Å². The summed E-state index contributed by atoms with van der Waals surface area (Å²) in [4.78, 5) is 25.5. The highest BCUT2D eigenvalue weighted by Gasteiger charge is 2.38. The zero-order valence-corrected chi connectivity index (χ0v) is 17.0. The second-order valence-corrected chi connectivity index (χ2v) is 8.21. The zero-order valence-electron chi connectivity index (χ0n) is 15.3. The highest BCUT2D eigenvalue weighted by Crippen LogP contribution is 2.18. The van der Waals surface area contributed by atoms with E-state index in [2.05, 4.69) is 15.0 Å². The molecule has 2 heterocycles. The second-order valence-electron chi connectivity index (χ2n) is 5.58. The number of alkyl halides is 3. The Morgan fingerprint density at radius 3 is 2.13 bits per heavy atom. The van der Waals surface area contributed by atoms with Gasteiger partial charge in [0.05, 0.1) is 9.77 Å². The minimum atomic E-state index is -5.08. The van der Waals surface area contributed by atoms with Gasteiger partial charge in [0.25, 0.3) is 15.9 Å². The molecule has 8 nitrogen and oxygen atoms in total. The first-order valence-corrected chi connectivity index (χ1v) is 10.5. The maximum atomic E-state index is 12.3. The van der Waals surface area contributed by atoms with E-state index in [0.29, 0.717) is 10.6 Å². The topological polar surface area (TPSA) is 125 Å². The molecule has 3 rings (SSSR count). The Morgan fingerprint density at radius 1 is 1.00 bits per heavy atom. The number of nitrogens with zero attached hydrogens (tertiary/aromatic N) is 1. The number of aliphatic carboxylic acids is 1. The summed E-state index contributed by atoms with van der Waals surface area (Å²) in [6.07, 6.45) is -3.58. The molecule has 13 heteroatoms. The molecule has 0 saturated heterocycles. The number of thiophene rings is 1. The van der Waals surface area contributed by atoms with E-state index in [9.17, 15) is 26.4 Å². The summed E-state index contributed by atoms with van der Waals surface area (Å²) >= 11 is 1.33. The average Bonchev–Trinajstić information content (AvgIpc) is 3.24. The molecule has 0 spiro atoms. The average molecular weight is 473 g/mol. The van der Waals surface area contributed by atoms with Crippen LogP contribution in [-0.4, -0.2) is 36.6 Å². The number of rotatable bonds is 5. The summed E-state index contributed by atoms with van der Waals surface area (Å²) in [6, 6.07) is 14.4. The molecule has 0 aliphatic carbocycles.